The molecule has 2 aromatic heterocycles. The van der Waals surface area contributed by atoms with E-state index in [4.69, 9.17) is 0 Å². The number of aryl methyl sites for hydroxylation is 1. The van der Waals surface area contributed by atoms with Crippen LogP contribution in [-0.4, -0.2) is 49.5 Å². The average molecular weight is 425 g/mol. The van der Waals surface area contributed by atoms with E-state index in [0.717, 1.165) is 12.8 Å². The summed E-state index contributed by atoms with van der Waals surface area (Å²) >= 11 is 0. The zero-order chi connectivity index (χ0) is 21.8. The van der Waals surface area contributed by atoms with E-state index in [1.54, 1.807) is 28.9 Å². The molecule has 2 heterocycles. The Morgan fingerprint density at radius 3 is 2.61 bits per heavy atom. The van der Waals surface area contributed by atoms with E-state index in [1.807, 2.05) is 6.92 Å². The summed E-state index contributed by atoms with van der Waals surface area (Å²) < 4.78 is 6.12. The predicted molar refractivity (Wildman–Crippen MR) is 109 cm³/mol. The number of nitrogens with one attached hydrogen (secondary N) is 3. The number of benzene rings is 1. The van der Waals surface area contributed by atoms with Crippen molar-refractivity contribution in [3.05, 3.63) is 57.6 Å². The molecule has 1 aliphatic rings. The van der Waals surface area contributed by atoms with Gasteiger partial charge >= 0.3 is 5.76 Å². The van der Waals surface area contributed by atoms with Gasteiger partial charge in [0.15, 0.2) is 11.5 Å². The number of nitrogens with zero attached hydrogens (tertiary/aromatic N) is 4. The molecule has 2 amide bonds. The van der Waals surface area contributed by atoms with Crippen LogP contribution in [0.3, 0.4) is 0 Å². The normalized spacial score (nSPS) is 13.2. The molecule has 11 nitrogen and oxygen atoms in total. The van der Waals surface area contributed by atoms with Gasteiger partial charge in [0.05, 0.1) is 11.4 Å². The molecule has 0 unspecified atom stereocenters. The van der Waals surface area contributed by atoms with Crippen molar-refractivity contribution in [2.75, 3.05) is 6.54 Å². The Kier molecular flexibility index (Phi) is 5.92. The molecular formula is C20H23N7O4. The fraction of sp³-hybridized carbons (Fsp3) is 0.400. The molecule has 162 valence electrons. The Hall–Kier alpha value is -3.76. The van der Waals surface area contributed by atoms with Crippen LogP contribution in [0.15, 0.2) is 33.6 Å². The topological polar surface area (TPSA) is 148 Å². The number of rotatable bonds is 9. The molecule has 0 atom stereocenters. The molecule has 11 heteroatoms. The van der Waals surface area contributed by atoms with Gasteiger partial charge in [-0.15, -0.1) is 5.10 Å². The second-order valence-corrected chi connectivity index (χ2v) is 7.35. The first-order chi connectivity index (χ1) is 15.0. The smallest absolute Gasteiger partial charge is 0.352 e. The minimum atomic E-state index is -0.599. The Labute approximate surface area is 177 Å². The van der Waals surface area contributed by atoms with E-state index in [1.165, 1.54) is 0 Å². The van der Waals surface area contributed by atoms with E-state index in [9.17, 15) is 14.4 Å². The Morgan fingerprint density at radius 1 is 1.19 bits per heavy atom. The van der Waals surface area contributed by atoms with Crippen molar-refractivity contribution in [1.29, 1.82) is 0 Å². The molecule has 4 rings (SSSR count). The van der Waals surface area contributed by atoms with Crippen LogP contribution in [0, 0.1) is 0 Å². The SMILES string of the molecule is CCNC(=O)c1ccc(-n2nnc(C(=O)NC3CC3)c2CCCc2noc(=O)[nH]2)cc1. The van der Waals surface area contributed by atoms with Gasteiger partial charge in [-0.3, -0.25) is 19.1 Å². The van der Waals surface area contributed by atoms with E-state index in [0.29, 0.717) is 48.6 Å². The lowest BCUT2D eigenvalue weighted by atomic mass is 10.1. The standard InChI is InChI=1S/C20H23N7O4/c1-2-21-18(28)12-6-10-14(11-7-12)27-15(4-3-5-16-23-20(30)31-25-16)17(24-26-27)19(29)22-13-8-9-13/h6-7,10-11,13H,2-5,8-9H2,1H3,(H,21,28)(H,22,29)(H,23,25,30). The summed E-state index contributed by atoms with van der Waals surface area (Å²) in [6.45, 7) is 2.40. The lowest BCUT2D eigenvalue weighted by molar-refractivity contribution is 0.0940. The van der Waals surface area contributed by atoms with Crippen LogP contribution >= 0.6 is 0 Å². The summed E-state index contributed by atoms with van der Waals surface area (Å²) in [5, 5.41) is 17.7. The lowest BCUT2D eigenvalue weighted by Crippen LogP contribution is -2.27. The summed E-state index contributed by atoms with van der Waals surface area (Å²) in [7, 11) is 0. The van der Waals surface area contributed by atoms with Gasteiger partial charge in [0, 0.05) is 24.6 Å². The molecule has 0 aliphatic heterocycles. The summed E-state index contributed by atoms with van der Waals surface area (Å²) in [6, 6.07) is 7.13. The summed E-state index contributed by atoms with van der Waals surface area (Å²) in [4.78, 5) is 38.3. The largest absolute Gasteiger partial charge is 0.438 e. The van der Waals surface area contributed by atoms with Crippen LogP contribution in [0.5, 0.6) is 0 Å². The Bertz CT molecular complexity index is 1130. The van der Waals surface area contributed by atoms with Gasteiger partial charge in [0.2, 0.25) is 0 Å². The fourth-order valence-corrected chi connectivity index (χ4v) is 3.20. The zero-order valence-electron chi connectivity index (χ0n) is 17.1. The molecule has 0 radical (unpaired) electrons. The second-order valence-electron chi connectivity index (χ2n) is 7.35. The molecule has 1 aromatic carbocycles. The maximum absolute atomic E-state index is 12.7. The monoisotopic (exact) mass is 425 g/mol. The third kappa shape index (κ3) is 4.87. The van der Waals surface area contributed by atoms with Crippen LogP contribution in [0.2, 0.25) is 0 Å². The van der Waals surface area contributed by atoms with Gasteiger partial charge in [-0.1, -0.05) is 10.4 Å². The fourth-order valence-electron chi connectivity index (χ4n) is 3.20. The number of carbonyl (C=O) groups excluding carboxylic acids is 2. The second kappa shape index (κ2) is 8.94. The highest BCUT2D eigenvalue weighted by molar-refractivity contribution is 5.94. The third-order valence-electron chi connectivity index (χ3n) is 4.91. The number of aromatic nitrogens is 5. The highest BCUT2D eigenvalue weighted by atomic mass is 16.5. The molecule has 3 N–H and O–H groups in total. The predicted octanol–water partition coefficient (Wildman–Crippen LogP) is 0.761. The Balaban J connectivity index is 1.56. The number of hydrogen-bond donors (Lipinski definition) is 3. The van der Waals surface area contributed by atoms with Gasteiger partial charge in [0.1, 0.15) is 0 Å². The minimum Gasteiger partial charge on any atom is -0.352 e. The molecule has 31 heavy (non-hydrogen) atoms. The van der Waals surface area contributed by atoms with Gasteiger partial charge in [-0.2, -0.15) is 0 Å². The third-order valence-corrected chi connectivity index (χ3v) is 4.91. The Morgan fingerprint density at radius 2 is 1.97 bits per heavy atom. The van der Waals surface area contributed by atoms with Crippen LogP contribution in [0.1, 0.15) is 58.6 Å². The van der Waals surface area contributed by atoms with Crippen LogP contribution in [0.25, 0.3) is 5.69 Å². The highest BCUT2D eigenvalue weighted by Crippen LogP contribution is 2.21. The van der Waals surface area contributed by atoms with E-state index in [-0.39, 0.29) is 23.6 Å². The van der Waals surface area contributed by atoms with E-state index in [2.05, 4.69) is 35.6 Å². The van der Waals surface area contributed by atoms with Crippen molar-refractivity contribution in [2.45, 2.75) is 45.1 Å². The van der Waals surface area contributed by atoms with Gasteiger partial charge in [-0.05, 0) is 56.9 Å². The van der Waals surface area contributed by atoms with Crippen LogP contribution in [-0.2, 0) is 12.8 Å². The van der Waals surface area contributed by atoms with Crippen molar-refractivity contribution in [1.82, 2.24) is 35.8 Å². The first-order valence-electron chi connectivity index (χ1n) is 10.2. The minimum absolute atomic E-state index is 0.154. The first-order valence-corrected chi connectivity index (χ1v) is 10.2. The van der Waals surface area contributed by atoms with Crippen molar-refractivity contribution >= 4 is 11.8 Å². The van der Waals surface area contributed by atoms with Crippen LogP contribution < -0.4 is 16.4 Å². The van der Waals surface area contributed by atoms with Crippen molar-refractivity contribution < 1.29 is 14.1 Å². The molecule has 3 aromatic rings. The van der Waals surface area contributed by atoms with E-state index >= 15 is 0 Å². The maximum Gasteiger partial charge on any atom is 0.438 e. The summed E-state index contributed by atoms with van der Waals surface area (Å²) in [5.74, 6) is -0.561. The first kappa shape index (κ1) is 20.5. The number of amides is 2. The maximum atomic E-state index is 12.7. The summed E-state index contributed by atoms with van der Waals surface area (Å²) in [5.41, 5.74) is 2.15. The molecule has 1 fully saturated rings. The van der Waals surface area contributed by atoms with Crippen molar-refractivity contribution in [2.24, 2.45) is 0 Å². The lowest BCUT2D eigenvalue weighted by Gasteiger charge is -2.09. The van der Waals surface area contributed by atoms with Gasteiger partial charge < -0.3 is 10.6 Å². The number of hydrogen-bond acceptors (Lipinski definition) is 7. The highest BCUT2D eigenvalue weighted by Gasteiger charge is 2.27. The molecule has 1 saturated carbocycles. The quantitative estimate of drug-likeness (QED) is 0.458. The molecule has 0 bridgehead atoms. The average Bonchev–Trinajstić information content (AvgIpc) is 3.32. The molecule has 0 spiro atoms. The number of aromatic amines is 1. The van der Waals surface area contributed by atoms with Gasteiger partial charge in [0.25, 0.3) is 11.8 Å². The van der Waals surface area contributed by atoms with Gasteiger partial charge in [-0.25, -0.2) is 9.48 Å². The number of H-pyrrole nitrogens is 1. The van der Waals surface area contributed by atoms with Crippen molar-refractivity contribution in [3.8, 4) is 5.69 Å². The van der Waals surface area contributed by atoms with E-state index < -0.39 is 5.76 Å². The zero-order valence-corrected chi connectivity index (χ0v) is 17.1. The molecular weight excluding hydrogens is 402 g/mol. The summed E-state index contributed by atoms with van der Waals surface area (Å²) in [6.07, 6.45) is 3.48. The molecule has 1 aliphatic carbocycles. The number of carbonyl (C=O) groups is 2. The van der Waals surface area contributed by atoms with Crippen LogP contribution in [0.4, 0.5) is 0 Å². The van der Waals surface area contributed by atoms with Crippen molar-refractivity contribution in [3.63, 3.8) is 0 Å². The molecule has 0 saturated heterocycles.